The summed E-state index contributed by atoms with van der Waals surface area (Å²) >= 11 is 0. The van der Waals surface area contributed by atoms with Crippen molar-refractivity contribution in [2.45, 2.75) is 31.7 Å². The summed E-state index contributed by atoms with van der Waals surface area (Å²) in [4.78, 5) is 36.8. The number of nitrogens with one attached hydrogen (secondary N) is 1. The molecule has 2 N–H and O–H groups in total. The topological polar surface area (TPSA) is 86.7 Å². The third-order valence-electron chi connectivity index (χ3n) is 4.46. The molecule has 0 radical (unpaired) electrons. The molecule has 2 amide bonds. The molecule has 6 heteroatoms. The minimum atomic E-state index is -1.00. The zero-order chi connectivity index (χ0) is 16.4. The SMILES string of the molecule is O=C(O)c1ccc(C(=O)N2CCC(NC(=O)C3CC3)CC2)cc1. The average Bonchev–Trinajstić information content (AvgIpc) is 3.40. The summed E-state index contributed by atoms with van der Waals surface area (Å²) in [6.45, 7) is 1.21. The molecule has 0 atom stereocenters. The normalized spacial score (nSPS) is 18.5. The number of rotatable bonds is 4. The molecule has 0 unspecified atom stereocenters. The molecule has 1 aliphatic carbocycles. The summed E-state index contributed by atoms with van der Waals surface area (Å²) in [5, 5.41) is 11.9. The molecule has 2 fully saturated rings. The monoisotopic (exact) mass is 316 g/mol. The molecule has 1 saturated heterocycles. The van der Waals surface area contributed by atoms with Gasteiger partial charge in [-0.05, 0) is 49.9 Å². The summed E-state index contributed by atoms with van der Waals surface area (Å²) in [5.74, 6) is -0.730. The minimum Gasteiger partial charge on any atom is -0.478 e. The molecule has 0 aromatic heterocycles. The second-order valence-corrected chi connectivity index (χ2v) is 6.23. The molecule has 1 heterocycles. The van der Waals surface area contributed by atoms with Crippen LogP contribution in [0, 0.1) is 5.92 Å². The number of carbonyl (C=O) groups excluding carboxylic acids is 2. The predicted molar refractivity (Wildman–Crippen MR) is 83.2 cm³/mol. The van der Waals surface area contributed by atoms with Crippen LogP contribution in [0.1, 0.15) is 46.4 Å². The van der Waals surface area contributed by atoms with Gasteiger partial charge in [0.2, 0.25) is 5.91 Å². The first-order valence-electron chi connectivity index (χ1n) is 7.97. The lowest BCUT2D eigenvalue weighted by Crippen LogP contribution is -2.46. The lowest BCUT2D eigenvalue weighted by atomic mass is 10.0. The lowest BCUT2D eigenvalue weighted by Gasteiger charge is -2.32. The number of carboxylic acids is 1. The van der Waals surface area contributed by atoms with Crippen LogP contribution in [0.5, 0.6) is 0 Å². The maximum atomic E-state index is 12.4. The molecular weight excluding hydrogens is 296 g/mol. The van der Waals surface area contributed by atoms with Crippen molar-refractivity contribution in [3.8, 4) is 0 Å². The van der Waals surface area contributed by atoms with Gasteiger partial charge >= 0.3 is 5.97 Å². The molecule has 1 aromatic carbocycles. The number of nitrogens with zero attached hydrogens (tertiary/aromatic N) is 1. The summed E-state index contributed by atoms with van der Waals surface area (Å²) in [5.41, 5.74) is 0.665. The Kier molecular flexibility index (Phi) is 4.32. The van der Waals surface area contributed by atoms with E-state index >= 15 is 0 Å². The fourth-order valence-corrected chi connectivity index (χ4v) is 2.83. The van der Waals surface area contributed by atoms with Crippen LogP contribution >= 0.6 is 0 Å². The van der Waals surface area contributed by atoms with E-state index < -0.39 is 5.97 Å². The third kappa shape index (κ3) is 3.70. The number of piperidine rings is 1. The molecule has 6 nitrogen and oxygen atoms in total. The molecule has 122 valence electrons. The maximum absolute atomic E-state index is 12.4. The Hall–Kier alpha value is -2.37. The van der Waals surface area contributed by atoms with E-state index in [2.05, 4.69) is 5.32 Å². The van der Waals surface area contributed by atoms with Gasteiger partial charge in [0.05, 0.1) is 5.56 Å². The highest BCUT2D eigenvalue weighted by Crippen LogP contribution is 2.29. The highest BCUT2D eigenvalue weighted by atomic mass is 16.4. The van der Waals surface area contributed by atoms with Crippen molar-refractivity contribution in [1.82, 2.24) is 10.2 Å². The van der Waals surface area contributed by atoms with E-state index in [-0.39, 0.29) is 29.3 Å². The van der Waals surface area contributed by atoms with Crippen molar-refractivity contribution < 1.29 is 19.5 Å². The van der Waals surface area contributed by atoms with Crippen molar-refractivity contribution in [1.29, 1.82) is 0 Å². The highest BCUT2D eigenvalue weighted by molar-refractivity contribution is 5.96. The number of benzene rings is 1. The van der Waals surface area contributed by atoms with Gasteiger partial charge < -0.3 is 15.3 Å². The van der Waals surface area contributed by atoms with E-state index in [1.54, 1.807) is 17.0 Å². The number of carboxylic acid groups (broad SMARTS) is 1. The van der Waals surface area contributed by atoms with Gasteiger partial charge in [0.15, 0.2) is 0 Å². The lowest BCUT2D eigenvalue weighted by molar-refractivity contribution is -0.123. The van der Waals surface area contributed by atoms with E-state index in [0.29, 0.717) is 18.7 Å². The van der Waals surface area contributed by atoms with Crippen LogP contribution in [0.3, 0.4) is 0 Å². The fraction of sp³-hybridized carbons (Fsp3) is 0.471. The van der Waals surface area contributed by atoms with E-state index in [9.17, 15) is 14.4 Å². The maximum Gasteiger partial charge on any atom is 0.335 e. The van der Waals surface area contributed by atoms with Gasteiger partial charge in [-0.25, -0.2) is 4.79 Å². The number of hydrogen-bond donors (Lipinski definition) is 2. The molecule has 3 rings (SSSR count). The number of hydrogen-bond acceptors (Lipinski definition) is 3. The molecule has 1 aromatic rings. The van der Waals surface area contributed by atoms with Crippen LogP contribution in [0.25, 0.3) is 0 Å². The van der Waals surface area contributed by atoms with Gasteiger partial charge in [-0.3, -0.25) is 9.59 Å². The number of carbonyl (C=O) groups is 3. The molecule has 0 bridgehead atoms. The third-order valence-corrected chi connectivity index (χ3v) is 4.46. The summed E-state index contributed by atoms with van der Waals surface area (Å²) < 4.78 is 0. The zero-order valence-electron chi connectivity index (χ0n) is 12.8. The van der Waals surface area contributed by atoms with Crippen LogP contribution in [0.2, 0.25) is 0 Å². The Bertz CT molecular complexity index is 614. The smallest absolute Gasteiger partial charge is 0.335 e. The van der Waals surface area contributed by atoms with Crippen molar-refractivity contribution >= 4 is 17.8 Å². The van der Waals surface area contributed by atoms with Gasteiger partial charge in [-0.15, -0.1) is 0 Å². The Labute approximate surface area is 134 Å². The van der Waals surface area contributed by atoms with Gasteiger partial charge in [-0.2, -0.15) is 0 Å². The zero-order valence-corrected chi connectivity index (χ0v) is 12.8. The number of likely N-dealkylation sites (tertiary alicyclic amines) is 1. The predicted octanol–water partition coefficient (Wildman–Crippen LogP) is 1.52. The average molecular weight is 316 g/mol. The van der Waals surface area contributed by atoms with Crippen molar-refractivity contribution in [3.63, 3.8) is 0 Å². The van der Waals surface area contributed by atoms with Crippen LogP contribution in [-0.4, -0.2) is 46.9 Å². The first kappa shape index (κ1) is 15.5. The molecule has 1 saturated carbocycles. The first-order valence-corrected chi connectivity index (χ1v) is 7.97. The second kappa shape index (κ2) is 6.40. The van der Waals surface area contributed by atoms with Crippen LogP contribution in [0.4, 0.5) is 0 Å². The van der Waals surface area contributed by atoms with Gasteiger partial charge in [0.25, 0.3) is 5.91 Å². The quantitative estimate of drug-likeness (QED) is 0.881. The van der Waals surface area contributed by atoms with Crippen molar-refractivity contribution in [3.05, 3.63) is 35.4 Å². The van der Waals surface area contributed by atoms with Crippen LogP contribution in [0.15, 0.2) is 24.3 Å². The largest absolute Gasteiger partial charge is 0.478 e. The summed E-state index contributed by atoms with van der Waals surface area (Å²) in [7, 11) is 0. The van der Waals surface area contributed by atoms with Crippen molar-refractivity contribution in [2.75, 3.05) is 13.1 Å². The first-order chi connectivity index (χ1) is 11.0. The van der Waals surface area contributed by atoms with E-state index in [0.717, 1.165) is 25.7 Å². The Morgan fingerprint density at radius 1 is 0.957 bits per heavy atom. The standard InChI is InChI=1S/C17H20N2O4/c20-15(11-1-2-11)18-14-7-9-19(10-8-14)16(21)12-3-5-13(6-4-12)17(22)23/h3-6,11,14H,1-2,7-10H2,(H,18,20)(H,22,23). The van der Waals surface area contributed by atoms with E-state index in [1.807, 2.05) is 0 Å². The van der Waals surface area contributed by atoms with Crippen LogP contribution in [-0.2, 0) is 4.79 Å². The van der Waals surface area contributed by atoms with Gasteiger partial charge in [-0.1, -0.05) is 0 Å². The summed E-state index contributed by atoms with van der Waals surface area (Å²) in [6.07, 6.45) is 3.51. The highest BCUT2D eigenvalue weighted by Gasteiger charge is 2.32. The van der Waals surface area contributed by atoms with Gasteiger partial charge in [0, 0.05) is 30.6 Å². The molecule has 0 spiro atoms. The fourth-order valence-electron chi connectivity index (χ4n) is 2.83. The Morgan fingerprint density at radius 2 is 1.52 bits per heavy atom. The van der Waals surface area contributed by atoms with E-state index in [1.165, 1.54) is 12.1 Å². The number of aromatic carboxylic acids is 1. The molecule has 2 aliphatic rings. The minimum absolute atomic E-state index is 0.0890. The molecular formula is C17H20N2O4. The summed E-state index contributed by atoms with van der Waals surface area (Å²) in [6, 6.07) is 6.14. The van der Waals surface area contributed by atoms with Gasteiger partial charge in [0.1, 0.15) is 0 Å². The Balaban J connectivity index is 1.53. The second-order valence-electron chi connectivity index (χ2n) is 6.23. The number of amides is 2. The van der Waals surface area contributed by atoms with Crippen LogP contribution < -0.4 is 5.32 Å². The molecule has 1 aliphatic heterocycles. The molecule has 23 heavy (non-hydrogen) atoms. The van der Waals surface area contributed by atoms with E-state index in [4.69, 9.17) is 5.11 Å². The Morgan fingerprint density at radius 3 is 2.04 bits per heavy atom. The van der Waals surface area contributed by atoms with Crippen molar-refractivity contribution in [2.24, 2.45) is 5.92 Å².